The lowest BCUT2D eigenvalue weighted by atomic mass is 10.1. The fourth-order valence-corrected chi connectivity index (χ4v) is 1.41. The van der Waals surface area contributed by atoms with Crippen LogP contribution in [0.5, 0.6) is 0 Å². The van der Waals surface area contributed by atoms with Gasteiger partial charge < -0.3 is 4.74 Å². The van der Waals surface area contributed by atoms with Gasteiger partial charge in [0.2, 0.25) is 0 Å². The zero-order chi connectivity index (χ0) is 11.8. The first-order valence-electron chi connectivity index (χ1n) is 5.57. The topological polar surface area (TPSA) is 26.3 Å². The smallest absolute Gasteiger partial charge is 0.338 e. The Bertz CT molecular complexity index is 330. The zero-order valence-corrected chi connectivity index (χ0v) is 9.69. The molecule has 0 N–H and O–H groups in total. The van der Waals surface area contributed by atoms with E-state index in [1.807, 2.05) is 24.3 Å². The molecule has 0 aliphatic carbocycles. The second-order valence-corrected chi connectivity index (χ2v) is 3.92. The van der Waals surface area contributed by atoms with E-state index >= 15 is 0 Å². The van der Waals surface area contributed by atoms with Crippen molar-refractivity contribution in [3.05, 3.63) is 48.6 Å². The van der Waals surface area contributed by atoms with Crippen molar-refractivity contribution in [3.63, 3.8) is 0 Å². The maximum absolute atomic E-state index is 11.5. The van der Waals surface area contributed by atoms with Crippen molar-refractivity contribution in [2.75, 3.05) is 6.61 Å². The molecule has 0 aliphatic heterocycles. The summed E-state index contributed by atoms with van der Waals surface area (Å²) in [4.78, 5) is 11.5. The molecule has 2 nitrogen and oxygen atoms in total. The standard InChI is InChI=1S/C14H18O2/c1-3-7-12(2)10-11-16-14(15)13-8-5-4-6-9-13/h3-6,8-9,12H,1,7,10-11H2,2H3. The highest BCUT2D eigenvalue weighted by molar-refractivity contribution is 5.89. The lowest BCUT2D eigenvalue weighted by Gasteiger charge is -2.09. The van der Waals surface area contributed by atoms with E-state index < -0.39 is 0 Å². The average molecular weight is 218 g/mol. The SMILES string of the molecule is C=CCC(C)CCOC(=O)c1ccccc1. The van der Waals surface area contributed by atoms with Gasteiger partial charge in [-0.3, -0.25) is 0 Å². The zero-order valence-electron chi connectivity index (χ0n) is 9.69. The van der Waals surface area contributed by atoms with E-state index in [-0.39, 0.29) is 5.97 Å². The van der Waals surface area contributed by atoms with Crippen LogP contribution in [0.2, 0.25) is 0 Å². The second-order valence-electron chi connectivity index (χ2n) is 3.92. The summed E-state index contributed by atoms with van der Waals surface area (Å²) >= 11 is 0. The minimum atomic E-state index is -0.244. The van der Waals surface area contributed by atoms with Gasteiger partial charge in [0.15, 0.2) is 0 Å². The van der Waals surface area contributed by atoms with Crippen LogP contribution < -0.4 is 0 Å². The third-order valence-electron chi connectivity index (χ3n) is 2.42. The number of esters is 1. The summed E-state index contributed by atoms with van der Waals surface area (Å²) in [5.41, 5.74) is 0.610. The highest BCUT2D eigenvalue weighted by atomic mass is 16.5. The predicted octanol–water partition coefficient (Wildman–Crippen LogP) is 3.45. The summed E-state index contributed by atoms with van der Waals surface area (Å²) in [6, 6.07) is 9.06. The maximum Gasteiger partial charge on any atom is 0.338 e. The van der Waals surface area contributed by atoms with E-state index in [9.17, 15) is 4.79 Å². The lowest BCUT2D eigenvalue weighted by Crippen LogP contribution is -2.08. The summed E-state index contributed by atoms with van der Waals surface area (Å²) < 4.78 is 5.17. The van der Waals surface area contributed by atoms with Crippen LogP contribution in [0.4, 0.5) is 0 Å². The van der Waals surface area contributed by atoms with E-state index in [0.717, 1.165) is 12.8 Å². The van der Waals surface area contributed by atoms with Gasteiger partial charge in [-0.25, -0.2) is 4.79 Å². The summed E-state index contributed by atoms with van der Waals surface area (Å²) in [6.45, 7) is 6.28. The molecule has 0 aliphatic rings. The second kappa shape index (κ2) is 6.83. The van der Waals surface area contributed by atoms with Crippen molar-refractivity contribution in [3.8, 4) is 0 Å². The molecule has 1 unspecified atom stereocenters. The Morgan fingerprint density at radius 2 is 2.12 bits per heavy atom. The van der Waals surface area contributed by atoms with Crippen molar-refractivity contribution >= 4 is 5.97 Å². The van der Waals surface area contributed by atoms with E-state index in [0.29, 0.717) is 18.1 Å². The lowest BCUT2D eigenvalue weighted by molar-refractivity contribution is 0.0486. The predicted molar refractivity (Wildman–Crippen MR) is 65.3 cm³/mol. The fourth-order valence-electron chi connectivity index (χ4n) is 1.41. The highest BCUT2D eigenvalue weighted by Crippen LogP contribution is 2.08. The molecule has 86 valence electrons. The van der Waals surface area contributed by atoms with E-state index in [4.69, 9.17) is 4.74 Å². The number of carbonyl (C=O) groups excluding carboxylic acids is 1. The number of hydrogen-bond donors (Lipinski definition) is 0. The summed E-state index contributed by atoms with van der Waals surface area (Å²) in [5.74, 6) is 0.271. The first kappa shape index (κ1) is 12.5. The molecule has 0 saturated carbocycles. The summed E-state index contributed by atoms with van der Waals surface area (Å²) in [6.07, 6.45) is 3.73. The molecular weight excluding hydrogens is 200 g/mol. The van der Waals surface area contributed by atoms with Crippen molar-refractivity contribution in [1.29, 1.82) is 0 Å². The van der Waals surface area contributed by atoms with Gasteiger partial charge in [-0.1, -0.05) is 31.2 Å². The van der Waals surface area contributed by atoms with Gasteiger partial charge in [0.05, 0.1) is 12.2 Å². The Balaban J connectivity index is 2.28. The van der Waals surface area contributed by atoms with Crippen molar-refractivity contribution in [2.45, 2.75) is 19.8 Å². The molecule has 0 heterocycles. The summed E-state index contributed by atoms with van der Waals surface area (Å²) in [5, 5.41) is 0. The maximum atomic E-state index is 11.5. The van der Waals surface area contributed by atoms with Gasteiger partial charge in [0.1, 0.15) is 0 Å². The fraction of sp³-hybridized carbons (Fsp3) is 0.357. The van der Waals surface area contributed by atoms with Crippen LogP contribution in [0.1, 0.15) is 30.1 Å². The van der Waals surface area contributed by atoms with Gasteiger partial charge in [0, 0.05) is 0 Å². The van der Waals surface area contributed by atoms with E-state index in [2.05, 4.69) is 13.5 Å². The monoisotopic (exact) mass is 218 g/mol. The first-order chi connectivity index (χ1) is 7.74. The number of benzene rings is 1. The quantitative estimate of drug-likeness (QED) is 0.540. The van der Waals surface area contributed by atoms with Gasteiger partial charge in [-0.05, 0) is 30.9 Å². The van der Waals surface area contributed by atoms with Gasteiger partial charge in [0.25, 0.3) is 0 Å². The van der Waals surface area contributed by atoms with Crippen LogP contribution in [0.15, 0.2) is 43.0 Å². The highest BCUT2D eigenvalue weighted by Gasteiger charge is 2.06. The van der Waals surface area contributed by atoms with Crippen LogP contribution in [-0.2, 0) is 4.74 Å². The molecule has 16 heavy (non-hydrogen) atoms. The van der Waals surface area contributed by atoms with Crippen molar-refractivity contribution in [2.24, 2.45) is 5.92 Å². The third kappa shape index (κ3) is 4.30. The van der Waals surface area contributed by atoms with Crippen LogP contribution in [-0.4, -0.2) is 12.6 Å². The van der Waals surface area contributed by atoms with Gasteiger partial charge in [-0.15, -0.1) is 6.58 Å². The van der Waals surface area contributed by atoms with Crippen molar-refractivity contribution < 1.29 is 9.53 Å². The molecule has 1 atom stereocenters. The Morgan fingerprint density at radius 3 is 2.75 bits per heavy atom. The molecule has 1 rings (SSSR count). The first-order valence-corrected chi connectivity index (χ1v) is 5.57. The molecule has 1 aromatic rings. The van der Waals surface area contributed by atoms with Gasteiger partial charge >= 0.3 is 5.97 Å². The van der Waals surface area contributed by atoms with Crippen molar-refractivity contribution in [1.82, 2.24) is 0 Å². The Hall–Kier alpha value is -1.57. The number of carbonyl (C=O) groups is 1. The molecule has 1 aromatic carbocycles. The number of allylic oxidation sites excluding steroid dienone is 1. The summed E-state index contributed by atoms with van der Waals surface area (Å²) in [7, 11) is 0. The average Bonchev–Trinajstić information content (AvgIpc) is 2.30. The Labute approximate surface area is 96.9 Å². The van der Waals surface area contributed by atoms with E-state index in [1.54, 1.807) is 12.1 Å². The van der Waals surface area contributed by atoms with Crippen LogP contribution in [0.25, 0.3) is 0 Å². The number of ether oxygens (including phenoxy) is 1. The normalized spacial score (nSPS) is 11.8. The Morgan fingerprint density at radius 1 is 1.44 bits per heavy atom. The number of hydrogen-bond acceptors (Lipinski definition) is 2. The largest absolute Gasteiger partial charge is 0.462 e. The minimum Gasteiger partial charge on any atom is -0.462 e. The van der Waals surface area contributed by atoms with E-state index in [1.165, 1.54) is 0 Å². The molecule has 0 spiro atoms. The molecule has 0 saturated heterocycles. The van der Waals surface area contributed by atoms with Crippen LogP contribution in [0.3, 0.4) is 0 Å². The Kier molecular flexibility index (Phi) is 5.34. The number of rotatable bonds is 6. The van der Waals surface area contributed by atoms with Crippen LogP contribution in [0, 0.1) is 5.92 Å². The molecule has 0 aromatic heterocycles. The van der Waals surface area contributed by atoms with Gasteiger partial charge in [-0.2, -0.15) is 0 Å². The van der Waals surface area contributed by atoms with Crippen LogP contribution >= 0.6 is 0 Å². The third-order valence-corrected chi connectivity index (χ3v) is 2.42. The molecule has 0 amide bonds. The molecule has 2 heteroatoms. The molecule has 0 radical (unpaired) electrons. The molecular formula is C14H18O2. The molecule has 0 fully saturated rings. The minimum absolute atomic E-state index is 0.244. The molecule has 0 bridgehead atoms.